The number of hydrogen-bond donors (Lipinski definition) is 0. The Morgan fingerprint density at radius 2 is 0.482 bits per heavy atom. The van der Waals surface area contributed by atoms with Crippen molar-refractivity contribution in [1.29, 1.82) is 0 Å². The third-order valence-electron chi connectivity index (χ3n) is 11.6. The number of aryl methyl sites for hydroxylation is 2. The third-order valence-corrected chi connectivity index (χ3v) is 11.6. The minimum atomic E-state index is 1.23. The van der Waals surface area contributed by atoms with Gasteiger partial charge in [-0.25, -0.2) is 0 Å². The summed E-state index contributed by atoms with van der Waals surface area (Å²) in [4.78, 5) is 0. The highest BCUT2D eigenvalue weighted by molar-refractivity contribution is 6.26. The quantitative estimate of drug-likeness (QED) is 0.151. The molecule has 10 aromatic rings. The zero-order chi connectivity index (χ0) is 37.6. The number of hydrogen-bond acceptors (Lipinski definition) is 0. The summed E-state index contributed by atoms with van der Waals surface area (Å²) in [5, 5.41) is 7.68. The molecule has 0 saturated heterocycles. The molecular formula is C56H40. The van der Waals surface area contributed by atoms with Gasteiger partial charge in [-0.2, -0.15) is 0 Å². The molecule has 0 radical (unpaired) electrons. The van der Waals surface area contributed by atoms with Gasteiger partial charge >= 0.3 is 0 Å². The van der Waals surface area contributed by atoms with Crippen LogP contribution in [0.1, 0.15) is 11.1 Å². The molecule has 0 amide bonds. The Morgan fingerprint density at radius 3 is 0.893 bits per heavy atom. The SMILES string of the molecule is Cc1ccc(-c2ccc3c4ccc(-c5ccc(C)c(-c6ccc(-c7ccccc7)cc6)c5)cc4c4ccccc4c3c2)cc1-c1ccc(-c2ccccc2)cc1. The van der Waals surface area contributed by atoms with E-state index in [9.17, 15) is 0 Å². The van der Waals surface area contributed by atoms with Gasteiger partial charge in [-0.3, -0.25) is 0 Å². The summed E-state index contributed by atoms with van der Waals surface area (Å²) in [7, 11) is 0. The summed E-state index contributed by atoms with van der Waals surface area (Å²) < 4.78 is 0. The molecule has 0 aliphatic heterocycles. The van der Waals surface area contributed by atoms with Gasteiger partial charge in [0.15, 0.2) is 0 Å². The molecule has 10 rings (SSSR count). The van der Waals surface area contributed by atoms with Crippen LogP contribution in [-0.2, 0) is 0 Å². The summed E-state index contributed by atoms with van der Waals surface area (Å²) in [5.74, 6) is 0. The fourth-order valence-electron chi connectivity index (χ4n) is 8.49. The van der Waals surface area contributed by atoms with Gasteiger partial charge in [0.2, 0.25) is 0 Å². The molecule has 56 heavy (non-hydrogen) atoms. The Morgan fingerprint density at radius 1 is 0.196 bits per heavy atom. The highest BCUT2D eigenvalue weighted by Gasteiger charge is 2.14. The van der Waals surface area contributed by atoms with E-state index in [1.807, 2.05) is 0 Å². The van der Waals surface area contributed by atoms with Gasteiger partial charge in [0.1, 0.15) is 0 Å². The maximum absolute atomic E-state index is 2.40. The van der Waals surface area contributed by atoms with E-state index in [-0.39, 0.29) is 0 Å². The second-order valence-corrected chi connectivity index (χ2v) is 15.0. The van der Waals surface area contributed by atoms with Crippen molar-refractivity contribution in [2.45, 2.75) is 13.8 Å². The van der Waals surface area contributed by atoms with Crippen LogP contribution in [0.2, 0.25) is 0 Å². The summed E-state index contributed by atoms with van der Waals surface area (Å²) >= 11 is 0. The second-order valence-electron chi connectivity index (χ2n) is 15.0. The molecule has 0 unspecified atom stereocenters. The van der Waals surface area contributed by atoms with E-state index in [0.29, 0.717) is 0 Å². The zero-order valence-electron chi connectivity index (χ0n) is 31.6. The standard InChI is InChI=1S/C56H40/c1-37-17-19-45(33-53(37)43-25-21-41(22-26-43)39-11-5-3-6-12-39)47-29-31-51-52-32-30-48(36-56(52)50-16-10-9-15-49(50)55(51)35-47)46-20-18-38(2)54(34-46)44-27-23-42(24-28-44)40-13-7-4-8-14-40/h3-36H,1-2H3. The molecule has 0 saturated carbocycles. The van der Waals surface area contributed by atoms with Crippen LogP contribution in [0.3, 0.4) is 0 Å². The number of benzene rings is 10. The van der Waals surface area contributed by atoms with E-state index >= 15 is 0 Å². The first-order valence-corrected chi connectivity index (χ1v) is 19.5. The van der Waals surface area contributed by atoms with Crippen molar-refractivity contribution in [1.82, 2.24) is 0 Å². The number of fused-ring (bicyclic) bond motifs is 6. The first kappa shape index (κ1) is 33.5. The largest absolute Gasteiger partial charge is 0.0622 e. The number of rotatable bonds is 6. The summed E-state index contributed by atoms with van der Waals surface area (Å²) in [6, 6.07) is 75.8. The highest BCUT2D eigenvalue weighted by Crippen LogP contribution is 2.40. The highest BCUT2D eigenvalue weighted by atomic mass is 14.2. The van der Waals surface area contributed by atoms with Gasteiger partial charge in [0, 0.05) is 0 Å². The van der Waals surface area contributed by atoms with Crippen LogP contribution in [0.5, 0.6) is 0 Å². The van der Waals surface area contributed by atoms with Crippen LogP contribution in [0, 0.1) is 13.8 Å². The van der Waals surface area contributed by atoms with E-state index in [0.717, 1.165) is 0 Å². The van der Waals surface area contributed by atoms with E-state index in [1.165, 1.54) is 110 Å². The molecule has 0 N–H and O–H groups in total. The van der Waals surface area contributed by atoms with Gasteiger partial charge in [0.05, 0.1) is 0 Å². The van der Waals surface area contributed by atoms with Crippen LogP contribution < -0.4 is 0 Å². The molecule has 0 bridgehead atoms. The molecule has 0 aliphatic rings. The van der Waals surface area contributed by atoms with Crippen molar-refractivity contribution in [3.8, 4) is 66.8 Å². The molecule has 0 heterocycles. The minimum Gasteiger partial charge on any atom is -0.0622 e. The van der Waals surface area contributed by atoms with Crippen molar-refractivity contribution < 1.29 is 0 Å². The Kier molecular flexibility index (Phi) is 8.38. The summed E-state index contributed by atoms with van der Waals surface area (Å²) in [5.41, 5.74) is 17.4. The maximum atomic E-state index is 2.40. The lowest BCUT2D eigenvalue weighted by molar-refractivity contribution is 1.45. The molecule has 264 valence electrons. The van der Waals surface area contributed by atoms with E-state index in [2.05, 4.69) is 220 Å². The monoisotopic (exact) mass is 712 g/mol. The smallest absolute Gasteiger partial charge is 0.00928 e. The average Bonchev–Trinajstić information content (AvgIpc) is 3.27. The Balaban J connectivity index is 1.02. The normalized spacial score (nSPS) is 11.4. The van der Waals surface area contributed by atoms with Crippen molar-refractivity contribution >= 4 is 32.3 Å². The predicted octanol–water partition coefficient (Wildman–Crippen LogP) is 15.8. The van der Waals surface area contributed by atoms with Gasteiger partial charge in [-0.15, -0.1) is 0 Å². The summed E-state index contributed by atoms with van der Waals surface area (Å²) in [6.45, 7) is 4.42. The van der Waals surface area contributed by atoms with Crippen LogP contribution in [0.15, 0.2) is 206 Å². The lowest BCUT2D eigenvalue weighted by Gasteiger charge is -2.15. The van der Waals surface area contributed by atoms with Crippen LogP contribution >= 0.6 is 0 Å². The molecule has 0 atom stereocenters. The van der Waals surface area contributed by atoms with Gasteiger partial charge in [-0.1, -0.05) is 182 Å². The topological polar surface area (TPSA) is 0 Å². The van der Waals surface area contributed by atoms with Crippen molar-refractivity contribution in [3.05, 3.63) is 217 Å². The maximum Gasteiger partial charge on any atom is -0.00928 e. The Bertz CT molecular complexity index is 2810. The fraction of sp³-hybridized carbons (Fsp3) is 0.0357. The van der Waals surface area contributed by atoms with Gasteiger partial charge in [-0.05, 0) is 148 Å². The molecule has 0 nitrogen and oxygen atoms in total. The first-order chi connectivity index (χ1) is 27.6. The lowest BCUT2D eigenvalue weighted by Crippen LogP contribution is -1.89. The van der Waals surface area contributed by atoms with E-state index in [1.54, 1.807) is 0 Å². The first-order valence-electron chi connectivity index (χ1n) is 19.5. The summed E-state index contributed by atoms with van der Waals surface area (Å²) in [6.07, 6.45) is 0. The van der Waals surface area contributed by atoms with E-state index < -0.39 is 0 Å². The van der Waals surface area contributed by atoms with Crippen LogP contribution in [0.4, 0.5) is 0 Å². The van der Waals surface area contributed by atoms with Gasteiger partial charge < -0.3 is 0 Å². The molecule has 0 heteroatoms. The average molecular weight is 713 g/mol. The Hall–Kier alpha value is -7.02. The molecule has 0 fully saturated rings. The Labute approximate surface area is 329 Å². The third kappa shape index (κ3) is 6.06. The minimum absolute atomic E-state index is 1.23. The van der Waals surface area contributed by atoms with Crippen LogP contribution in [0.25, 0.3) is 99.1 Å². The van der Waals surface area contributed by atoms with Crippen LogP contribution in [-0.4, -0.2) is 0 Å². The molecule has 0 aromatic heterocycles. The molecule has 10 aromatic carbocycles. The van der Waals surface area contributed by atoms with Gasteiger partial charge in [0.25, 0.3) is 0 Å². The van der Waals surface area contributed by atoms with Crippen molar-refractivity contribution in [3.63, 3.8) is 0 Å². The van der Waals surface area contributed by atoms with Crippen molar-refractivity contribution in [2.24, 2.45) is 0 Å². The predicted molar refractivity (Wildman–Crippen MR) is 241 cm³/mol. The second kappa shape index (κ2) is 14.0. The molecule has 0 aliphatic carbocycles. The van der Waals surface area contributed by atoms with Crippen molar-refractivity contribution in [2.75, 3.05) is 0 Å². The fourth-order valence-corrected chi connectivity index (χ4v) is 8.49. The zero-order valence-corrected chi connectivity index (χ0v) is 31.6. The molecule has 0 spiro atoms. The lowest BCUT2D eigenvalue weighted by atomic mass is 9.89. The van der Waals surface area contributed by atoms with E-state index in [4.69, 9.17) is 0 Å². The molecular weight excluding hydrogens is 673 g/mol.